The first-order valence-corrected chi connectivity index (χ1v) is 8.99. The van der Waals surface area contributed by atoms with Gasteiger partial charge in [0.05, 0.1) is 16.7 Å². The standard InChI is InChI=1S/C19H20Cl2N2O3/c20-16-9-8-14(13-17(16)21)19(25)23-11-10-22-18(24)7-4-12-26-15-5-2-1-3-6-15/h1-3,5-6,8-9,13H,4,7,10-12H2,(H,22,24)(H,23,25). The van der Waals surface area contributed by atoms with Crippen LogP contribution < -0.4 is 15.4 Å². The molecule has 2 amide bonds. The molecule has 0 heterocycles. The van der Waals surface area contributed by atoms with Crippen LogP contribution >= 0.6 is 23.2 Å². The summed E-state index contributed by atoms with van der Waals surface area (Å²) in [7, 11) is 0. The molecule has 0 atom stereocenters. The third-order valence-corrected chi connectivity index (χ3v) is 4.21. The van der Waals surface area contributed by atoms with Gasteiger partial charge in [0.2, 0.25) is 5.91 Å². The fourth-order valence-corrected chi connectivity index (χ4v) is 2.44. The van der Waals surface area contributed by atoms with Gasteiger partial charge in [-0.3, -0.25) is 9.59 Å². The Bertz CT molecular complexity index is 739. The van der Waals surface area contributed by atoms with Crippen molar-refractivity contribution in [3.63, 3.8) is 0 Å². The van der Waals surface area contributed by atoms with Crippen LogP contribution in [-0.4, -0.2) is 31.5 Å². The molecular formula is C19H20Cl2N2O3. The molecular weight excluding hydrogens is 375 g/mol. The van der Waals surface area contributed by atoms with Gasteiger partial charge in [-0.25, -0.2) is 0 Å². The Morgan fingerprint density at radius 3 is 2.38 bits per heavy atom. The number of carbonyl (C=O) groups is 2. The van der Waals surface area contributed by atoms with Gasteiger partial charge in [0.1, 0.15) is 5.75 Å². The van der Waals surface area contributed by atoms with Gasteiger partial charge in [-0.1, -0.05) is 41.4 Å². The second kappa shape index (κ2) is 10.7. The smallest absolute Gasteiger partial charge is 0.251 e. The normalized spacial score (nSPS) is 10.2. The Morgan fingerprint density at radius 1 is 0.923 bits per heavy atom. The van der Waals surface area contributed by atoms with E-state index < -0.39 is 0 Å². The van der Waals surface area contributed by atoms with E-state index in [1.807, 2.05) is 30.3 Å². The van der Waals surface area contributed by atoms with E-state index in [-0.39, 0.29) is 11.8 Å². The number of hydrogen-bond donors (Lipinski definition) is 2. The maximum Gasteiger partial charge on any atom is 0.251 e. The summed E-state index contributed by atoms with van der Waals surface area (Å²) in [5.41, 5.74) is 0.420. The van der Waals surface area contributed by atoms with E-state index in [9.17, 15) is 9.59 Å². The van der Waals surface area contributed by atoms with Crippen molar-refractivity contribution in [1.82, 2.24) is 10.6 Å². The Labute approximate surface area is 162 Å². The summed E-state index contributed by atoms with van der Waals surface area (Å²) in [6.45, 7) is 1.16. The Morgan fingerprint density at radius 2 is 1.65 bits per heavy atom. The van der Waals surface area contributed by atoms with Gasteiger partial charge in [0.15, 0.2) is 0 Å². The van der Waals surface area contributed by atoms with Crippen LogP contribution in [0.15, 0.2) is 48.5 Å². The van der Waals surface area contributed by atoms with Crippen molar-refractivity contribution in [2.24, 2.45) is 0 Å². The van der Waals surface area contributed by atoms with Gasteiger partial charge >= 0.3 is 0 Å². The molecule has 0 aliphatic heterocycles. The predicted octanol–water partition coefficient (Wildman–Crippen LogP) is 3.70. The summed E-state index contributed by atoms with van der Waals surface area (Å²) in [5.74, 6) is 0.442. The maximum atomic E-state index is 12.0. The number of nitrogens with one attached hydrogen (secondary N) is 2. The number of benzene rings is 2. The first kappa shape index (κ1) is 20.1. The molecule has 0 saturated heterocycles. The number of ether oxygens (including phenoxy) is 1. The fourth-order valence-electron chi connectivity index (χ4n) is 2.15. The van der Waals surface area contributed by atoms with Crippen molar-refractivity contribution >= 4 is 35.0 Å². The highest BCUT2D eigenvalue weighted by molar-refractivity contribution is 6.42. The molecule has 7 heteroatoms. The lowest BCUT2D eigenvalue weighted by atomic mass is 10.2. The van der Waals surface area contributed by atoms with Crippen LogP contribution in [0.25, 0.3) is 0 Å². The molecule has 0 aliphatic carbocycles. The van der Waals surface area contributed by atoms with Crippen LogP contribution in [0.3, 0.4) is 0 Å². The van der Waals surface area contributed by atoms with Crippen molar-refractivity contribution in [2.75, 3.05) is 19.7 Å². The molecule has 5 nitrogen and oxygen atoms in total. The van der Waals surface area contributed by atoms with Crippen LogP contribution in [0.4, 0.5) is 0 Å². The molecule has 0 aliphatic rings. The highest BCUT2D eigenvalue weighted by Crippen LogP contribution is 2.22. The summed E-state index contributed by atoms with van der Waals surface area (Å²) in [6.07, 6.45) is 0.990. The van der Waals surface area contributed by atoms with Gasteiger partial charge in [-0.15, -0.1) is 0 Å². The van der Waals surface area contributed by atoms with E-state index >= 15 is 0 Å². The minimum absolute atomic E-state index is 0.0783. The molecule has 0 spiro atoms. The predicted molar refractivity (Wildman–Crippen MR) is 103 cm³/mol. The second-order valence-corrected chi connectivity index (χ2v) is 6.31. The summed E-state index contributed by atoms with van der Waals surface area (Å²) in [6, 6.07) is 14.1. The van der Waals surface area contributed by atoms with Crippen molar-refractivity contribution in [3.05, 3.63) is 64.1 Å². The van der Waals surface area contributed by atoms with Crippen molar-refractivity contribution < 1.29 is 14.3 Å². The van der Waals surface area contributed by atoms with Crippen LogP contribution in [0.2, 0.25) is 10.0 Å². The molecule has 2 rings (SSSR count). The van der Waals surface area contributed by atoms with E-state index in [0.29, 0.717) is 48.1 Å². The number of rotatable bonds is 9. The van der Waals surface area contributed by atoms with E-state index in [4.69, 9.17) is 27.9 Å². The Hall–Kier alpha value is -2.24. The zero-order chi connectivity index (χ0) is 18.8. The molecule has 2 aromatic carbocycles. The van der Waals surface area contributed by atoms with Crippen LogP contribution in [0, 0.1) is 0 Å². The average Bonchev–Trinajstić information content (AvgIpc) is 2.65. The minimum Gasteiger partial charge on any atom is -0.494 e. The van der Waals surface area contributed by atoms with E-state index in [0.717, 1.165) is 5.75 Å². The zero-order valence-electron chi connectivity index (χ0n) is 14.1. The third-order valence-electron chi connectivity index (χ3n) is 3.47. The first-order chi connectivity index (χ1) is 12.6. The number of halogens is 2. The number of amides is 2. The third kappa shape index (κ3) is 6.94. The first-order valence-electron chi connectivity index (χ1n) is 8.24. The monoisotopic (exact) mass is 394 g/mol. The summed E-state index contributed by atoms with van der Waals surface area (Å²) in [5, 5.41) is 6.18. The van der Waals surface area contributed by atoms with Gasteiger partial charge in [0, 0.05) is 25.1 Å². The van der Waals surface area contributed by atoms with Crippen molar-refractivity contribution in [1.29, 1.82) is 0 Å². The maximum absolute atomic E-state index is 12.0. The summed E-state index contributed by atoms with van der Waals surface area (Å²) < 4.78 is 5.52. The molecule has 0 bridgehead atoms. The second-order valence-electron chi connectivity index (χ2n) is 5.50. The lowest BCUT2D eigenvalue weighted by Gasteiger charge is -2.08. The highest BCUT2D eigenvalue weighted by Gasteiger charge is 2.08. The van der Waals surface area contributed by atoms with Crippen LogP contribution in [0.5, 0.6) is 5.75 Å². The lowest BCUT2D eigenvalue weighted by Crippen LogP contribution is -2.34. The lowest BCUT2D eigenvalue weighted by molar-refractivity contribution is -0.121. The molecule has 2 aromatic rings. The largest absolute Gasteiger partial charge is 0.494 e. The number of hydrogen-bond acceptors (Lipinski definition) is 3. The van der Waals surface area contributed by atoms with Gasteiger partial charge in [-0.2, -0.15) is 0 Å². The molecule has 138 valence electrons. The molecule has 26 heavy (non-hydrogen) atoms. The quantitative estimate of drug-likeness (QED) is 0.637. The molecule has 2 N–H and O–H groups in total. The summed E-state index contributed by atoms with van der Waals surface area (Å²) >= 11 is 11.7. The van der Waals surface area contributed by atoms with Crippen molar-refractivity contribution in [3.8, 4) is 5.75 Å². The van der Waals surface area contributed by atoms with E-state index in [1.54, 1.807) is 12.1 Å². The van der Waals surface area contributed by atoms with Crippen LogP contribution in [0.1, 0.15) is 23.2 Å². The van der Waals surface area contributed by atoms with Crippen molar-refractivity contribution in [2.45, 2.75) is 12.8 Å². The van der Waals surface area contributed by atoms with E-state index in [1.165, 1.54) is 6.07 Å². The minimum atomic E-state index is -0.269. The van der Waals surface area contributed by atoms with Crippen LogP contribution in [-0.2, 0) is 4.79 Å². The van der Waals surface area contributed by atoms with Gasteiger partial charge in [-0.05, 0) is 36.8 Å². The van der Waals surface area contributed by atoms with Gasteiger partial charge in [0.25, 0.3) is 5.91 Å². The fraction of sp³-hybridized carbons (Fsp3) is 0.263. The Balaban J connectivity index is 1.56. The summed E-state index contributed by atoms with van der Waals surface area (Å²) in [4.78, 5) is 23.7. The highest BCUT2D eigenvalue weighted by atomic mass is 35.5. The number of carbonyl (C=O) groups excluding carboxylic acids is 2. The van der Waals surface area contributed by atoms with Gasteiger partial charge < -0.3 is 15.4 Å². The molecule has 0 fully saturated rings. The van der Waals surface area contributed by atoms with E-state index in [2.05, 4.69) is 10.6 Å². The molecule has 0 saturated carbocycles. The SMILES string of the molecule is O=C(CCCOc1ccccc1)NCCNC(=O)c1ccc(Cl)c(Cl)c1. The topological polar surface area (TPSA) is 67.4 Å². The number of para-hydroxylation sites is 1. The Kier molecular flexibility index (Phi) is 8.25. The molecule has 0 aromatic heterocycles. The molecule has 0 unspecified atom stereocenters. The average molecular weight is 395 g/mol. The zero-order valence-corrected chi connectivity index (χ0v) is 15.6. The molecule has 0 radical (unpaired) electrons.